The third kappa shape index (κ3) is 3.56. The fourth-order valence-corrected chi connectivity index (χ4v) is 1.03. The Balaban J connectivity index is 3.91. The number of methoxy groups -OCH3 is 1. The summed E-state index contributed by atoms with van der Waals surface area (Å²) in [6.07, 6.45) is 0.821. The molecule has 2 nitrogen and oxygen atoms in total. The second-order valence-electron chi connectivity index (χ2n) is 3.41. The lowest BCUT2D eigenvalue weighted by Crippen LogP contribution is -2.15. The summed E-state index contributed by atoms with van der Waals surface area (Å²) < 4.78 is 4.62. The van der Waals surface area contributed by atoms with E-state index in [1.54, 1.807) is 0 Å². The van der Waals surface area contributed by atoms with Crippen molar-refractivity contribution in [2.75, 3.05) is 7.11 Å². The van der Waals surface area contributed by atoms with Crippen LogP contribution >= 0.6 is 0 Å². The van der Waals surface area contributed by atoms with Gasteiger partial charge in [-0.15, -0.1) is 0 Å². The molecule has 0 heterocycles. The van der Waals surface area contributed by atoms with Crippen molar-refractivity contribution >= 4 is 5.97 Å². The molecule has 0 aliphatic rings. The predicted octanol–water partition coefficient (Wildman–Crippen LogP) is 2.40. The lowest BCUT2D eigenvalue weighted by molar-refractivity contribution is -0.145. The Kier molecular flexibility index (Phi) is 4.64. The molecule has 0 aromatic heterocycles. The molecule has 0 fully saturated rings. The molecule has 2 atom stereocenters. The molecule has 12 heavy (non-hydrogen) atoms. The monoisotopic (exact) mass is 170 g/mol. The molecule has 0 bridgehead atoms. The van der Waals surface area contributed by atoms with Crippen LogP contribution < -0.4 is 0 Å². The Morgan fingerprint density at radius 3 is 2.25 bits per heavy atom. The van der Waals surface area contributed by atoms with Gasteiger partial charge < -0.3 is 4.74 Å². The van der Waals surface area contributed by atoms with Gasteiger partial charge in [0.2, 0.25) is 0 Å². The molecule has 0 saturated heterocycles. The molecular formula is C10H18O2. The van der Waals surface area contributed by atoms with Crippen molar-refractivity contribution in [3.63, 3.8) is 0 Å². The van der Waals surface area contributed by atoms with Crippen LogP contribution in [-0.2, 0) is 9.53 Å². The molecule has 0 aromatic carbocycles. The molecule has 2 heteroatoms. The third-order valence-corrected chi connectivity index (χ3v) is 2.15. The van der Waals surface area contributed by atoms with E-state index in [0.29, 0.717) is 5.92 Å². The number of allylic oxidation sites excluding steroid dienone is 1. The molecule has 0 saturated carbocycles. The second kappa shape index (κ2) is 4.96. The van der Waals surface area contributed by atoms with Gasteiger partial charge in [-0.2, -0.15) is 0 Å². The minimum atomic E-state index is -0.136. The quantitative estimate of drug-likeness (QED) is 0.478. The average Bonchev–Trinajstić information content (AvgIpc) is 2.02. The summed E-state index contributed by atoms with van der Waals surface area (Å²) >= 11 is 0. The summed E-state index contributed by atoms with van der Waals surface area (Å²) in [5.74, 6) is 0.226. The van der Waals surface area contributed by atoms with Gasteiger partial charge in [-0.3, -0.25) is 4.79 Å². The standard InChI is InChI=1S/C10H18O2/c1-7(2)8(3)6-9(4)10(11)12-5/h8-9H,1,6H2,2-5H3. The zero-order valence-corrected chi connectivity index (χ0v) is 8.39. The van der Waals surface area contributed by atoms with E-state index in [1.165, 1.54) is 7.11 Å². The van der Waals surface area contributed by atoms with Gasteiger partial charge in [0.1, 0.15) is 0 Å². The number of ether oxygens (including phenoxy) is 1. The number of hydrogen-bond donors (Lipinski definition) is 0. The van der Waals surface area contributed by atoms with Crippen molar-refractivity contribution in [1.82, 2.24) is 0 Å². The van der Waals surface area contributed by atoms with Crippen molar-refractivity contribution in [3.05, 3.63) is 12.2 Å². The maximum atomic E-state index is 11.0. The van der Waals surface area contributed by atoms with Crippen LogP contribution in [-0.4, -0.2) is 13.1 Å². The Hall–Kier alpha value is -0.790. The maximum absolute atomic E-state index is 11.0. The zero-order valence-electron chi connectivity index (χ0n) is 8.39. The molecule has 0 amide bonds. The SMILES string of the molecule is C=C(C)C(C)CC(C)C(=O)OC. The van der Waals surface area contributed by atoms with E-state index in [1.807, 2.05) is 13.8 Å². The van der Waals surface area contributed by atoms with Crippen LogP contribution in [0.2, 0.25) is 0 Å². The number of rotatable bonds is 4. The summed E-state index contributed by atoms with van der Waals surface area (Å²) in [4.78, 5) is 11.0. The van der Waals surface area contributed by atoms with E-state index in [0.717, 1.165) is 12.0 Å². The summed E-state index contributed by atoms with van der Waals surface area (Å²) in [6, 6.07) is 0. The van der Waals surface area contributed by atoms with Crippen molar-refractivity contribution < 1.29 is 9.53 Å². The fourth-order valence-electron chi connectivity index (χ4n) is 1.03. The minimum absolute atomic E-state index is 0.0262. The molecule has 0 radical (unpaired) electrons. The minimum Gasteiger partial charge on any atom is -0.469 e. The van der Waals surface area contributed by atoms with Gasteiger partial charge in [0, 0.05) is 0 Å². The van der Waals surface area contributed by atoms with Crippen molar-refractivity contribution in [1.29, 1.82) is 0 Å². The first-order valence-electron chi connectivity index (χ1n) is 4.22. The number of carbonyl (C=O) groups is 1. The van der Waals surface area contributed by atoms with E-state index in [-0.39, 0.29) is 11.9 Å². The molecule has 70 valence electrons. The van der Waals surface area contributed by atoms with E-state index in [9.17, 15) is 4.79 Å². The first-order chi connectivity index (χ1) is 5.49. The van der Waals surface area contributed by atoms with Crippen LogP contribution in [0.3, 0.4) is 0 Å². The Morgan fingerprint density at radius 2 is 1.92 bits per heavy atom. The van der Waals surface area contributed by atoms with E-state index >= 15 is 0 Å². The third-order valence-electron chi connectivity index (χ3n) is 2.15. The van der Waals surface area contributed by atoms with Gasteiger partial charge in [-0.1, -0.05) is 26.0 Å². The van der Waals surface area contributed by atoms with Gasteiger partial charge in [0.15, 0.2) is 0 Å². The molecule has 0 aromatic rings. The molecule has 2 unspecified atom stereocenters. The molecule has 0 aliphatic heterocycles. The molecule has 0 N–H and O–H groups in total. The molecule has 0 aliphatic carbocycles. The van der Waals surface area contributed by atoms with Crippen molar-refractivity contribution in [2.24, 2.45) is 11.8 Å². The van der Waals surface area contributed by atoms with Gasteiger partial charge in [0.05, 0.1) is 13.0 Å². The highest BCUT2D eigenvalue weighted by Crippen LogP contribution is 2.18. The molecule has 0 spiro atoms. The maximum Gasteiger partial charge on any atom is 0.308 e. The number of carbonyl (C=O) groups excluding carboxylic acids is 1. The van der Waals surface area contributed by atoms with Crippen molar-refractivity contribution in [2.45, 2.75) is 27.2 Å². The van der Waals surface area contributed by atoms with Gasteiger partial charge in [-0.25, -0.2) is 0 Å². The summed E-state index contributed by atoms with van der Waals surface area (Å²) in [6.45, 7) is 9.77. The summed E-state index contributed by atoms with van der Waals surface area (Å²) in [5, 5.41) is 0. The highest BCUT2D eigenvalue weighted by molar-refractivity contribution is 5.71. The van der Waals surface area contributed by atoms with Gasteiger partial charge >= 0.3 is 5.97 Å². The fraction of sp³-hybridized carbons (Fsp3) is 0.700. The first-order valence-corrected chi connectivity index (χ1v) is 4.22. The topological polar surface area (TPSA) is 26.3 Å². The molecule has 0 rings (SSSR count). The van der Waals surface area contributed by atoms with Crippen LogP contribution in [0.4, 0.5) is 0 Å². The zero-order chi connectivity index (χ0) is 9.72. The van der Waals surface area contributed by atoms with Crippen LogP contribution in [0.1, 0.15) is 27.2 Å². The van der Waals surface area contributed by atoms with E-state index < -0.39 is 0 Å². The Morgan fingerprint density at radius 1 is 1.42 bits per heavy atom. The highest BCUT2D eigenvalue weighted by atomic mass is 16.5. The van der Waals surface area contributed by atoms with Crippen LogP contribution in [0.15, 0.2) is 12.2 Å². The van der Waals surface area contributed by atoms with Gasteiger partial charge in [-0.05, 0) is 19.3 Å². The Bertz CT molecular complexity index is 173. The smallest absolute Gasteiger partial charge is 0.308 e. The average molecular weight is 170 g/mol. The Labute approximate surface area is 74.6 Å². The highest BCUT2D eigenvalue weighted by Gasteiger charge is 2.16. The van der Waals surface area contributed by atoms with Gasteiger partial charge in [0.25, 0.3) is 0 Å². The van der Waals surface area contributed by atoms with E-state index in [2.05, 4.69) is 18.2 Å². The number of hydrogen-bond acceptors (Lipinski definition) is 2. The number of esters is 1. The summed E-state index contributed by atoms with van der Waals surface area (Å²) in [5.41, 5.74) is 1.12. The predicted molar refractivity (Wildman–Crippen MR) is 49.8 cm³/mol. The largest absolute Gasteiger partial charge is 0.469 e. The molecular weight excluding hydrogens is 152 g/mol. The van der Waals surface area contributed by atoms with Crippen molar-refractivity contribution in [3.8, 4) is 0 Å². The lowest BCUT2D eigenvalue weighted by Gasteiger charge is -2.14. The van der Waals surface area contributed by atoms with Crippen LogP contribution in [0.25, 0.3) is 0 Å². The van der Waals surface area contributed by atoms with E-state index in [4.69, 9.17) is 0 Å². The first kappa shape index (κ1) is 11.2. The van der Waals surface area contributed by atoms with Crippen LogP contribution in [0.5, 0.6) is 0 Å². The van der Waals surface area contributed by atoms with Crippen LogP contribution in [0, 0.1) is 11.8 Å². The summed E-state index contributed by atoms with van der Waals surface area (Å²) in [7, 11) is 1.42. The normalized spacial score (nSPS) is 15.0. The second-order valence-corrected chi connectivity index (χ2v) is 3.41. The lowest BCUT2D eigenvalue weighted by atomic mass is 9.93.